The summed E-state index contributed by atoms with van der Waals surface area (Å²) in [5, 5.41) is 6.73. The molecule has 122 valence electrons. The van der Waals surface area contributed by atoms with Gasteiger partial charge in [0.25, 0.3) is 0 Å². The highest BCUT2D eigenvalue weighted by Gasteiger charge is 2.21. The van der Waals surface area contributed by atoms with E-state index in [9.17, 15) is 9.59 Å². The van der Waals surface area contributed by atoms with Gasteiger partial charge in [-0.2, -0.15) is 0 Å². The van der Waals surface area contributed by atoms with Gasteiger partial charge in [0.15, 0.2) is 0 Å². The molecule has 0 spiro atoms. The summed E-state index contributed by atoms with van der Waals surface area (Å²) in [5.41, 5.74) is 1.73. The zero-order chi connectivity index (χ0) is 16.4. The summed E-state index contributed by atoms with van der Waals surface area (Å²) in [7, 11) is 3.49. The first-order chi connectivity index (χ1) is 11.0. The molecule has 1 saturated carbocycles. The predicted molar refractivity (Wildman–Crippen MR) is 90.4 cm³/mol. The molecule has 2 N–H and O–H groups in total. The first-order valence-corrected chi connectivity index (χ1v) is 7.87. The fraction of sp³-hybridized carbons (Fsp3) is 0.412. The molecule has 2 aromatic rings. The van der Waals surface area contributed by atoms with Gasteiger partial charge in [0, 0.05) is 43.4 Å². The van der Waals surface area contributed by atoms with Crippen molar-refractivity contribution < 1.29 is 9.59 Å². The van der Waals surface area contributed by atoms with Gasteiger partial charge in [0.2, 0.25) is 5.91 Å². The third-order valence-corrected chi connectivity index (χ3v) is 4.08. The Bertz CT molecular complexity index is 731. The highest BCUT2D eigenvalue weighted by atomic mass is 16.2. The number of carbonyl (C=O) groups is 2. The second-order valence-corrected chi connectivity index (χ2v) is 6.28. The molecular formula is C17H22N4O2. The van der Waals surface area contributed by atoms with E-state index >= 15 is 0 Å². The Kier molecular flexibility index (Phi) is 4.23. The number of urea groups is 1. The molecular weight excluding hydrogens is 292 g/mol. The highest BCUT2D eigenvalue weighted by molar-refractivity contribution is 5.93. The lowest BCUT2D eigenvalue weighted by Crippen LogP contribution is -2.30. The average molecular weight is 314 g/mol. The van der Waals surface area contributed by atoms with Crippen molar-refractivity contribution >= 4 is 28.5 Å². The maximum absolute atomic E-state index is 11.8. The van der Waals surface area contributed by atoms with E-state index in [1.54, 1.807) is 19.0 Å². The van der Waals surface area contributed by atoms with Crippen LogP contribution in [-0.2, 0) is 11.3 Å². The Balaban J connectivity index is 1.67. The number of amides is 3. The first kappa shape index (κ1) is 15.4. The van der Waals surface area contributed by atoms with Crippen LogP contribution in [0.5, 0.6) is 0 Å². The number of likely N-dealkylation sites (N-methyl/N-ethyl adjacent to an activating group) is 1. The molecule has 1 fully saturated rings. The molecule has 6 nitrogen and oxygen atoms in total. The standard InChI is InChI=1S/C17H22N4O2/c1-20(2)16(22)11-21-8-7-13-9-14(5-6-15(13)21)19-17(23)18-10-12-3-4-12/h5-9,12H,3-4,10-11H2,1-2H3,(H2,18,19,23). The third kappa shape index (κ3) is 3.83. The molecule has 0 saturated heterocycles. The molecule has 0 radical (unpaired) electrons. The van der Waals surface area contributed by atoms with Crippen LogP contribution in [0.2, 0.25) is 0 Å². The minimum atomic E-state index is -0.168. The van der Waals surface area contributed by atoms with E-state index in [2.05, 4.69) is 10.6 Å². The molecule has 0 bridgehead atoms. The molecule has 3 amide bonds. The summed E-state index contributed by atoms with van der Waals surface area (Å²) >= 11 is 0. The second kappa shape index (κ2) is 6.32. The number of carbonyl (C=O) groups excluding carboxylic acids is 2. The lowest BCUT2D eigenvalue weighted by atomic mass is 10.2. The predicted octanol–water partition coefficient (Wildman–Crippen LogP) is 2.26. The van der Waals surface area contributed by atoms with Crippen LogP contribution in [0.25, 0.3) is 10.9 Å². The number of hydrogen-bond donors (Lipinski definition) is 2. The SMILES string of the molecule is CN(C)C(=O)Cn1ccc2cc(NC(=O)NCC3CC3)ccc21. The van der Waals surface area contributed by atoms with Crippen LogP contribution < -0.4 is 10.6 Å². The van der Waals surface area contributed by atoms with E-state index in [1.165, 1.54) is 12.8 Å². The zero-order valence-electron chi connectivity index (χ0n) is 13.5. The summed E-state index contributed by atoms with van der Waals surface area (Å²) in [6.45, 7) is 1.06. The van der Waals surface area contributed by atoms with Crippen LogP contribution in [0.3, 0.4) is 0 Å². The molecule has 6 heteroatoms. The van der Waals surface area contributed by atoms with Crippen LogP contribution in [0.15, 0.2) is 30.5 Å². The highest BCUT2D eigenvalue weighted by Crippen LogP contribution is 2.27. The Hall–Kier alpha value is -2.50. The van der Waals surface area contributed by atoms with Gasteiger partial charge in [-0.15, -0.1) is 0 Å². The van der Waals surface area contributed by atoms with Gasteiger partial charge in [-0.3, -0.25) is 4.79 Å². The Morgan fingerprint density at radius 1 is 1.26 bits per heavy atom. The van der Waals surface area contributed by atoms with Crippen molar-refractivity contribution in [3.63, 3.8) is 0 Å². The Morgan fingerprint density at radius 3 is 2.74 bits per heavy atom. The van der Waals surface area contributed by atoms with E-state index in [0.29, 0.717) is 12.5 Å². The molecule has 3 rings (SSSR count). The number of rotatable bonds is 5. The van der Waals surface area contributed by atoms with Gasteiger partial charge in [-0.1, -0.05) is 0 Å². The first-order valence-electron chi connectivity index (χ1n) is 7.87. The maximum atomic E-state index is 11.8. The van der Waals surface area contributed by atoms with Crippen molar-refractivity contribution in [1.29, 1.82) is 0 Å². The van der Waals surface area contributed by atoms with Crippen LogP contribution >= 0.6 is 0 Å². The monoisotopic (exact) mass is 314 g/mol. The quantitative estimate of drug-likeness (QED) is 0.889. The molecule has 23 heavy (non-hydrogen) atoms. The van der Waals surface area contributed by atoms with Crippen molar-refractivity contribution in [2.45, 2.75) is 19.4 Å². The second-order valence-electron chi connectivity index (χ2n) is 6.28. The number of fused-ring (bicyclic) bond motifs is 1. The summed E-state index contributed by atoms with van der Waals surface area (Å²) in [6.07, 6.45) is 4.32. The van der Waals surface area contributed by atoms with Gasteiger partial charge in [-0.25, -0.2) is 4.79 Å². The molecule has 1 aliphatic rings. The normalized spacial score (nSPS) is 13.8. The summed E-state index contributed by atoms with van der Waals surface area (Å²) < 4.78 is 1.91. The number of benzene rings is 1. The fourth-order valence-electron chi connectivity index (χ4n) is 2.44. The molecule has 1 aromatic heterocycles. The van der Waals surface area contributed by atoms with Crippen molar-refractivity contribution in [3.8, 4) is 0 Å². The Morgan fingerprint density at radius 2 is 2.04 bits per heavy atom. The van der Waals surface area contributed by atoms with Crippen LogP contribution in [0.4, 0.5) is 10.5 Å². The molecule has 1 heterocycles. The number of anilines is 1. The van der Waals surface area contributed by atoms with Gasteiger partial charge in [0.05, 0.1) is 0 Å². The average Bonchev–Trinajstić information content (AvgIpc) is 3.27. The smallest absolute Gasteiger partial charge is 0.319 e. The largest absolute Gasteiger partial charge is 0.347 e. The number of hydrogen-bond acceptors (Lipinski definition) is 2. The molecule has 0 unspecified atom stereocenters. The zero-order valence-corrected chi connectivity index (χ0v) is 13.5. The number of nitrogens with zero attached hydrogens (tertiary/aromatic N) is 2. The van der Waals surface area contributed by atoms with E-state index in [0.717, 1.165) is 23.1 Å². The topological polar surface area (TPSA) is 66.4 Å². The van der Waals surface area contributed by atoms with E-state index in [1.807, 2.05) is 35.0 Å². The summed E-state index contributed by atoms with van der Waals surface area (Å²) in [6, 6.07) is 7.48. The molecule has 1 aliphatic carbocycles. The van der Waals surface area contributed by atoms with Crippen LogP contribution in [-0.4, -0.2) is 42.0 Å². The van der Waals surface area contributed by atoms with Crippen molar-refractivity contribution in [2.75, 3.05) is 26.0 Å². The van der Waals surface area contributed by atoms with E-state index in [-0.39, 0.29) is 11.9 Å². The molecule has 0 aliphatic heterocycles. The maximum Gasteiger partial charge on any atom is 0.319 e. The minimum absolute atomic E-state index is 0.0455. The summed E-state index contributed by atoms with van der Waals surface area (Å²) in [5.74, 6) is 0.704. The van der Waals surface area contributed by atoms with Crippen molar-refractivity contribution in [1.82, 2.24) is 14.8 Å². The number of aromatic nitrogens is 1. The van der Waals surface area contributed by atoms with Gasteiger partial charge in [-0.05, 0) is 43.0 Å². The van der Waals surface area contributed by atoms with Crippen molar-refractivity contribution in [2.24, 2.45) is 5.92 Å². The van der Waals surface area contributed by atoms with E-state index in [4.69, 9.17) is 0 Å². The van der Waals surface area contributed by atoms with Gasteiger partial charge in [0.1, 0.15) is 6.54 Å². The molecule has 0 atom stereocenters. The van der Waals surface area contributed by atoms with Crippen LogP contribution in [0, 0.1) is 5.92 Å². The fourth-order valence-corrected chi connectivity index (χ4v) is 2.44. The van der Waals surface area contributed by atoms with E-state index < -0.39 is 0 Å². The lowest BCUT2D eigenvalue weighted by Gasteiger charge is -2.12. The Labute approximate surface area is 135 Å². The third-order valence-electron chi connectivity index (χ3n) is 4.08. The van der Waals surface area contributed by atoms with Crippen LogP contribution in [0.1, 0.15) is 12.8 Å². The molecule has 1 aromatic carbocycles. The van der Waals surface area contributed by atoms with Crippen molar-refractivity contribution in [3.05, 3.63) is 30.5 Å². The number of nitrogens with one attached hydrogen (secondary N) is 2. The minimum Gasteiger partial charge on any atom is -0.347 e. The van der Waals surface area contributed by atoms with Gasteiger partial charge >= 0.3 is 6.03 Å². The summed E-state index contributed by atoms with van der Waals surface area (Å²) in [4.78, 5) is 25.2. The lowest BCUT2D eigenvalue weighted by molar-refractivity contribution is -0.129. The van der Waals surface area contributed by atoms with Gasteiger partial charge < -0.3 is 20.1 Å².